The maximum Gasteiger partial charge on any atom is -0.0182 e. The van der Waals surface area contributed by atoms with Crippen LogP contribution in [-0.4, -0.2) is 0 Å². The highest BCUT2D eigenvalue weighted by Gasteiger charge is 2.35. The quantitative estimate of drug-likeness (QED) is 0.252. The fraction of sp³-hybridized carbons (Fsp3) is 0.680. The third-order valence-electron chi connectivity index (χ3n) is 6.10. The van der Waals surface area contributed by atoms with Gasteiger partial charge in [0.1, 0.15) is 0 Å². The standard InChI is InChI=1S/C25H40/c1-3-5-7-8-9-10-11-12-13-16-20-25(19-6-4-2)21-23-17-14-15-18-24(23)22-25/h4,6,14-15,17-18H,3,5,7-13,16,19-22H2,1-2H3/b6-4+. The molecular formula is C25H40. The summed E-state index contributed by atoms with van der Waals surface area (Å²) in [5, 5.41) is 0. The molecule has 0 fully saturated rings. The summed E-state index contributed by atoms with van der Waals surface area (Å²) in [5.41, 5.74) is 3.73. The number of unbranched alkanes of at least 4 members (excludes halogenated alkanes) is 9. The van der Waals surface area contributed by atoms with E-state index < -0.39 is 0 Å². The molecule has 0 aromatic heterocycles. The first-order chi connectivity index (χ1) is 12.3. The molecule has 1 aliphatic rings. The predicted molar refractivity (Wildman–Crippen MR) is 112 cm³/mol. The Kier molecular flexibility index (Phi) is 9.37. The Morgan fingerprint density at radius 3 is 1.84 bits per heavy atom. The molecule has 0 atom stereocenters. The molecular weight excluding hydrogens is 300 g/mol. The van der Waals surface area contributed by atoms with Gasteiger partial charge in [-0.2, -0.15) is 0 Å². The van der Waals surface area contributed by atoms with E-state index in [1.54, 1.807) is 11.1 Å². The van der Waals surface area contributed by atoms with Crippen molar-refractivity contribution in [3.05, 3.63) is 47.5 Å². The number of allylic oxidation sites excluding steroid dienone is 2. The first-order valence-corrected chi connectivity index (χ1v) is 11.0. The molecule has 0 spiro atoms. The van der Waals surface area contributed by atoms with E-state index in [0.29, 0.717) is 5.41 Å². The van der Waals surface area contributed by atoms with Crippen molar-refractivity contribution in [2.75, 3.05) is 0 Å². The largest absolute Gasteiger partial charge is 0.0916 e. The van der Waals surface area contributed by atoms with E-state index in [0.717, 1.165) is 0 Å². The van der Waals surface area contributed by atoms with Gasteiger partial charge in [-0.05, 0) is 49.1 Å². The zero-order valence-electron chi connectivity index (χ0n) is 16.9. The van der Waals surface area contributed by atoms with Gasteiger partial charge in [-0.25, -0.2) is 0 Å². The van der Waals surface area contributed by atoms with Gasteiger partial charge >= 0.3 is 0 Å². The van der Waals surface area contributed by atoms with Crippen molar-refractivity contribution >= 4 is 0 Å². The lowest BCUT2D eigenvalue weighted by molar-refractivity contribution is 0.270. The van der Waals surface area contributed by atoms with E-state index in [9.17, 15) is 0 Å². The first-order valence-electron chi connectivity index (χ1n) is 11.0. The molecule has 140 valence electrons. The summed E-state index contributed by atoms with van der Waals surface area (Å²) >= 11 is 0. The maximum absolute atomic E-state index is 2.40. The van der Waals surface area contributed by atoms with Gasteiger partial charge in [0, 0.05) is 0 Å². The van der Waals surface area contributed by atoms with E-state index in [-0.39, 0.29) is 0 Å². The topological polar surface area (TPSA) is 0 Å². The van der Waals surface area contributed by atoms with Crippen LogP contribution in [-0.2, 0) is 12.8 Å². The van der Waals surface area contributed by atoms with Crippen LogP contribution in [0.3, 0.4) is 0 Å². The van der Waals surface area contributed by atoms with Crippen LogP contribution in [0, 0.1) is 5.41 Å². The first kappa shape index (κ1) is 20.3. The fourth-order valence-corrected chi connectivity index (χ4v) is 4.55. The number of benzene rings is 1. The van der Waals surface area contributed by atoms with Crippen LogP contribution in [0.2, 0.25) is 0 Å². The molecule has 0 heterocycles. The van der Waals surface area contributed by atoms with Crippen LogP contribution in [0.1, 0.15) is 102 Å². The molecule has 0 N–H and O–H groups in total. The SMILES string of the molecule is C/C=C/CC1(CCCCCCCCCCCC)Cc2ccccc2C1. The molecule has 0 saturated carbocycles. The van der Waals surface area contributed by atoms with Crippen LogP contribution in [0.4, 0.5) is 0 Å². The number of fused-ring (bicyclic) bond motifs is 1. The summed E-state index contributed by atoms with van der Waals surface area (Å²) in [5.74, 6) is 0. The average molecular weight is 341 g/mol. The van der Waals surface area contributed by atoms with Crippen molar-refractivity contribution in [2.45, 2.75) is 104 Å². The minimum atomic E-state index is 0.510. The third-order valence-corrected chi connectivity index (χ3v) is 6.10. The van der Waals surface area contributed by atoms with Crippen LogP contribution < -0.4 is 0 Å². The summed E-state index contributed by atoms with van der Waals surface area (Å²) in [6.07, 6.45) is 24.3. The van der Waals surface area contributed by atoms with Gasteiger partial charge in [0.15, 0.2) is 0 Å². The van der Waals surface area contributed by atoms with Gasteiger partial charge in [0.05, 0.1) is 0 Å². The van der Waals surface area contributed by atoms with Crippen molar-refractivity contribution in [3.63, 3.8) is 0 Å². The Hall–Kier alpha value is -1.04. The minimum Gasteiger partial charge on any atom is -0.0916 e. The van der Waals surface area contributed by atoms with E-state index in [1.807, 2.05) is 0 Å². The van der Waals surface area contributed by atoms with E-state index in [1.165, 1.54) is 89.9 Å². The van der Waals surface area contributed by atoms with Crippen molar-refractivity contribution in [2.24, 2.45) is 5.41 Å². The van der Waals surface area contributed by atoms with Crippen LogP contribution in [0.25, 0.3) is 0 Å². The lowest BCUT2D eigenvalue weighted by Crippen LogP contribution is -2.20. The monoisotopic (exact) mass is 340 g/mol. The molecule has 0 bridgehead atoms. The number of rotatable bonds is 13. The van der Waals surface area contributed by atoms with Crippen molar-refractivity contribution in [3.8, 4) is 0 Å². The molecule has 25 heavy (non-hydrogen) atoms. The summed E-state index contributed by atoms with van der Waals surface area (Å²) in [6.45, 7) is 4.46. The second-order valence-electron chi connectivity index (χ2n) is 8.33. The smallest absolute Gasteiger partial charge is 0.0182 e. The second-order valence-corrected chi connectivity index (χ2v) is 8.33. The highest BCUT2D eigenvalue weighted by Crippen LogP contribution is 2.43. The number of hydrogen-bond donors (Lipinski definition) is 0. The lowest BCUT2D eigenvalue weighted by Gasteiger charge is -2.28. The molecule has 0 amide bonds. The van der Waals surface area contributed by atoms with Gasteiger partial charge in [-0.15, -0.1) is 0 Å². The molecule has 1 aliphatic carbocycles. The zero-order valence-corrected chi connectivity index (χ0v) is 16.9. The van der Waals surface area contributed by atoms with Gasteiger partial charge in [-0.3, -0.25) is 0 Å². The van der Waals surface area contributed by atoms with Gasteiger partial charge in [0.2, 0.25) is 0 Å². The average Bonchev–Trinajstić information content (AvgIpc) is 3.00. The fourth-order valence-electron chi connectivity index (χ4n) is 4.55. The molecule has 1 aromatic carbocycles. The molecule has 0 aliphatic heterocycles. The van der Waals surface area contributed by atoms with Crippen molar-refractivity contribution in [1.82, 2.24) is 0 Å². The molecule has 2 rings (SSSR count). The Labute approximate surface area is 157 Å². The highest BCUT2D eigenvalue weighted by atomic mass is 14.4. The lowest BCUT2D eigenvalue weighted by atomic mass is 9.76. The predicted octanol–water partition coefficient (Wildman–Crippen LogP) is 8.05. The Morgan fingerprint density at radius 1 is 0.800 bits per heavy atom. The Bertz CT molecular complexity index is 472. The molecule has 0 heteroatoms. The van der Waals surface area contributed by atoms with Crippen molar-refractivity contribution in [1.29, 1.82) is 0 Å². The second kappa shape index (κ2) is 11.6. The van der Waals surface area contributed by atoms with Gasteiger partial charge in [0.25, 0.3) is 0 Å². The van der Waals surface area contributed by atoms with Gasteiger partial charge < -0.3 is 0 Å². The summed E-state index contributed by atoms with van der Waals surface area (Å²) < 4.78 is 0. The van der Waals surface area contributed by atoms with Crippen LogP contribution in [0.5, 0.6) is 0 Å². The molecule has 0 saturated heterocycles. The van der Waals surface area contributed by atoms with E-state index in [2.05, 4.69) is 50.3 Å². The Morgan fingerprint density at radius 2 is 1.32 bits per heavy atom. The van der Waals surface area contributed by atoms with Crippen LogP contribution in [0.15, 0.2) is 36.4 Å². The van der Waals surface area contributed by atoms with Gasteiger partial charge in [-0.1, -0.05) is 108 Å². The third kappa shape index (κ3) is 7.00. The van der Waals surface area contributed by atoms with E-state index >= 15 is 0 Å². The minimum absolute atomic E-state index is 0.510. The maximum atomic E-state index is 2.40. The molecule has 0 nitrogen and oxygen atoms in total. The van der Waals surface area contributed by atoms with E-state index in [4.69, 9.17) is 0 Å². The highest BCUT2D eigenvalue weighted by molar-refractivity contribution is 5.34. The summed E-state index contributed by atoms with van der Waals surface area (Å²) in [7, 11) is 0. The van der Waals surface area contributed by atoms with Crippen LogP contribution >= 0.6 is 0 Å². The normalized spacial score (nSPS) is 15.8. The Balaban J connectivity index is 1.65. The molecule has 0 unspecified atom stereocenters. The summed E-state index contributed by atoms with van der Waals surface area (Å²) in [6, 6.07) is 9.13. The molecule has 0 radical (unpaired) electrons. The zero-order chi connectivity index (χ0) is 17.8. The number of hydrogen-bond acceptors (Lipinski definition) is 0. The summed E-state index contributed by atoms with van der Waals surface area (Å²) in [4.78, 5) is 0. The molecule has 1 aromatic rings. The van der Waals surface area contributed by atoms with Crippen molar-refractivity contribution < 1.29 is 0 Å².